The van der Waals surface area contributed by atoms with Gasteiger partial charge in [-0.05, 0) is 99.3 Å². The van der Waals surface area contributed by atoms with E-state index in [1.807, 2.05) is 6.07 Å². The van der Waals surface area contributed by atoms with Gasteiger partial charge in [-0.2, -0.15) is 5.26 Å². The van der Waals surface area contributed by atoms with E-state index in [1.54, 1.807) is 0 Å². The Balaban J connectivity index is 0.000000171. The first kappa shape index (κ1) is 31.3. The van der Waals surface area contributed by atoms with Crippen LogP contribution in [0.15, 0.2) is 12.1 Å². The lowest BCUT2D eigenvalue weighted by atomic mass is 9.75. The number of nitrogens with zero attached hydrogens (tertiary/aromatic N) is 5. The molecule has 6 rings (SSSR count). The molecule has 0 amide bonds. The number of hydrogen-bond donors (Lipinski definition) is 1. The number of aromatic nitrogens is 2. The van der Waals surface area contributed by atoms with Crippen LogP contribution in [0.4, 0.5) is 11.6 Å². The van der Waals surface area contributed by atoms with Crippen LogP contribution < -0.4 is 9.80 Å². The van der Waals surface area contributed by atoms with Crippen LogP contribution in [0.5, 0.6) is 0 Å². The second-order valence-electron chi connectivity index (χ2n) is 15.0. The van der Waals surface area contributed by atoms with E-state index in [2.05, 4.69) is 63.5 Å². The number of carboxylic acid groups (broad SMARTS) is 1. The summed E-state index contributed by atoms with van der Waals surface area (Å²) in [4.78, 5) is 26.1. The molecule has 0 bridgehead atoms. The number of anilines is 2. The molecule has 0 saturated carbocycles. The monoisotopic (exact) mass is 585 g/mol. The van der Waals surface area contributed by atoms with Crippen LogP contribution >= 0.6 is 0 Å². The van der Waals surface area contributed by atoms with Gasteiger partial charge < -0.3 is 14.9 Å². The van der Waals surface area contributed by atoms with E-state index < -0.39 is 5.97 Å². The van der Waals surface area contributed by atoms with Gasteiger partial charge in [0, 0.05) is 37.0 Å². The molecule has 232 valence electrons. The summed E-state index contributed by atoms with van der Waals surface area (Å²) in [5, 5.41) is 19.1. The number of aromatic carboxylic acids is 1. The standard InChI is InChI=1S/C18H25N3.C18H26N2O2/c1-13-6-9-21(10-7-13)17-15(12-19)11-14-5-4-8-18(2,3)16(14)20-17;1-12-6-9-20(10-7-12)16-14(17(21)22)11-13-5-4-8-18(2,3)15(13)19-16/h11,13H,4-10H2,1-3H3;11-12H,4-10H2,1-3H3,(H,21,22). The molecule has 4 heterocycles. The second kappa shape index (κ2) is 12.5. The average Bonchev–Trinajstić information content (AvgIpc) is 2.97. The summed E-state index contributed by atoms with van der Waals surface area (Å²) >= 11 is 0. The lowest BCUT2D eigenvalue weighted by molar-refractivity contribution is 0.0696. The predicted molar refractivity (Wildman–Crippen MR) is 173 cm³/mol. The van der Waals surface area contributed by atoms with Gasteiger partial charge in [-0.15, -0.1) is 0 Å². The number of piperidine rings is 2. The Morgan fingerprint density at radius 1 is 0.814 bits per heavy atom. The van der Waals surface area contributed by atoms with Crippen molar-refractivity contribution in [1.82, 2.24) is 9.97 Å². The number of carbonyl (C=O) groups is 1. The number of nitriles is 1. The van der Waals surface area contributed by atoms with Crippen molar-refractivity contribution in [3.63, 3.8) is 0 Å². The largest absolute Gasteiger partial charge is 0.478 e. The van der Waals surface area contributed by atoms with Crippen LogP contribution in [0.1, 0.15) is 131 Å². The minimum Gasteiger partial charge on any atom is -0.478 e. The fourth-order valence-electron chi connectivity index (χ4n) is 7.48. The maximum absolute atomic E-state index is 11.7. The summed E-state index contributed by atoms with van der Waals surface area (Å²) in [5.41, 5.74) is 6.08. The van der Waals surface area contributed by atoms with Gasteiger partial charge in [0.25, 0.3) is 0 Å². The zero-order valence-electron chi connectivity index (χ0n) is 27.3. The van der Waals surface area contributed by atoms with Gasteiger partial charge in [0.15, 0.2) is 0 Å². The quantitative estimate of drug-likeness (QED) is 0.400. The highest BCUT2D eigenvalue weighted by molar-refractivity contribution is 5.93. The lowest BCUT2D eigenvalue weighted by Gasteiger charge is -2.36. The molecule has 7 nitrogen and oxygen atoms in total. The molecule has 0 radical (unpaired) electrons. The Morgan fingerprint density at radius 3 is 1.72 bits per heavy atom. The van der Waals surface area contributed by atoms with Crippen molar-refractivity contribution in [2.45, 2.75) is 117 Å². The molecule has 2 aliphatic heterocycles. The third kappa shape index (κ3) is 6.69. The SMILES string of the molecule is CC1CCN(c2nc3c(cc2C#N)CCCC3(C)C)CC1.CC1CCN(c2nc3c(cc2C(=O)O)CCCC3(C)C)CC1. The first-order valence-electron chi connectivity index (χ1n) is 16.6. The van der Waals surface area contributed by atoms with Crippen LogP contribution in [0.2, 0.25) is 0 Å². The zero-order valence-corrected chi connectivity index (χ0v) is 27.3. The fourth-order valence-corrected chi connectivity index (χ4v) is 7.48. The first-order chi connectivity index (χ1) is 20.4. The van der Waals surface area contributed by atoms with Crippen molar-refractivity contribution >= 4 is 17.6 Å². The molecule has 2 aliphatic carbocycles. The van der Waals surface area contributed by atoms with E-state index in [4.69, 9.17) is 9.97 Å². The molecule has 7 heteroatoms. The van der Waals surface area contributed by atoms with Crippen molar-refractivity contribution in [2.24, 2.45) is 11.8 Å². The molecule has 0 aromatic carbocycles. The van der Waals surface area contributed by atoms with Gasteiger partial charge >= 0.3 is 5.97 Å². The Labute approximate surface area is 258 Å². The molecule has 1 N–H and O–H groups in total. The van der Waals surface area contributed by atoms with Crippen molar-refractivity contribution < 1.29 is 9.90 Å². The number of rotatable bonds is 3. The van der Waals surface area contributed by atoms with E-state index in [-0.39, 0.29) is 10.8 Å². The number of pyridine rings is 2. The molecule has 0 unspecified atom stereocenters. The summed E-state index contributed by atoms with van der Waals surface area (Å²) < 4.78 is 0. The zero-order chi connectivity index (χ0) is 30.9. The van der Waals surface area contributed by atoms with Crippen LogP contribution in [0.25, 0.3) is 0 Å². The molecule has 2 aromatic heterocycles. The van der Waals surface area contributed by atoms with Crippen LogP contribution in [-0.4, -0.2) is 47.2 Å². The van der Waals surface area contributed by atoms with Gasteiger partial charge in [0.2, 0.25) is 0 Å². The lowest BCUT2D eigenvalue weighted by Crippen LogP contribution is -2.36. The van der Waals surface area contributed by atoms with E-state index in [0.29, 0.717) is 11.4 Å². The third-order valence-electron chi connectivity index (χ3n) is 10.5. The van der Waals surface area contributed by atoms with Crippen LogP contribution in [-0.2, 0) is 23.7 Å². The highest BCUT2D eigenvalue weighted by Crippen LogP contribution is 2.39. The molecule has 0 atom stereocenters. The van der Waals surface area contributed by atoms with Crippen LogP contribution in [0.3, 0.4) is 0 Å². The third-order valence-corrected chi connectivity index (χ3v) is 10.5. The van der Waals surface area contributed by atoms with E-state index >= 15 is 0 Å². The molecule has 2 fully saturated rings. The highest BCUT2D eigenvalue weighted by atomic mass is 16.4. The molecule has 4 aliphatic rings. The van der Waals surface area contributed by atoms with Crippen molar-refractivity contribution in [2.75, 3.05) is 36.0 Å². The Morgan fingerprint density at radius 2 is 1.26 bits per heavy atom. The maximum Gasteiger partial charge on any atom is 0.339 e. The maximum atomic E-state index is 11.7. The van der Waals surface area contributed by atoms with Gasteiger partial charge in [-0.25, -0.2) is 14.8 Å². The number of fused-ring (bicyclic) bond motifs is 2. The van der Waals surface area contributed by atoms with E-state index in [0.717, 1.165) is 99.2 Å². The normalized spacial score (nSPS) is 21.6. The predicted octanol–water partition coefficient (Wildman–Crippen LogP) is 7.43. The topological polar surface area (TPSA) is 93.4 Å². The summed E-state index contributed by atoms with van der Waals surface area (Å²) in [7, 11) is 0. The molecular weight excluding hydrogens is 534 g/mol. The van der Waals surface area contributed by atoms with Gasteiger partial charge in [-0.3, -0.25) is 0 Å². The average molecular weight is 586 g/mol. The Kier molecular flexibility index (Phi) is 9.07. The smallest absolute Gasteiger partial charge is 0.339 e. The van der Waals surface area contributed by atoms with Crippen LogP contribution in [0, 0.1) is 23.2 Å². The number of aryl methyl sites for hydroxylation is 2. The van der Waals surface area contributed by atoms with E-state index in [9.17, 15) is 15.2 Å². The molecule has 43 heavy (non-hydrogen) atoms. The van der Waals surface area contributed by atoms with Gasteiger partial charge in [-0.1, -0.05) is 41.5 Å². The number of hydrogen-bond acceptors (Lipinski definition) is 6. The van der Waals surface area contributed by atoms with Crippen molar-refractivity contribution in [3.05, 3.63) is 45.8 Å². The molecule has 2 saturated heterocycles. The molecule has 2 aromatic rings. The minimum absolute atomic E-state index is 0.0441. The fraction of sp³-hybridized carbons (Fsp3) is 0.667. The Bertz CT molecular complexity index is 1370. The van der Waals surface area contributed by atoms with E-state index in [1.165, 1.54) is 36.9 Å². The van der Waals surface area contributed by atoms with Gasteiger partial charge in [0.1, 0.15) is 23.3 Å². The first-order valence-corrected chi connectivity index (χ1v) is 16.6. The highest BCUT2D eigenvalue weighted by Gasteiger charge is 2.33. The van der Waals surface area contributed by atoms with Crippen molar-refractivity contribution in [3.8, 4) is 6.07 Å². The minimum atomic E-state index is -0.854. The molecule has 0 spiro atoms. The molecular formula is C36H51N5O2. The summed E-state index contributed by atoms with van der Waals surface area (Å²) in [6.45, 7) is 17.5. The van der Waals surface area contributed by atoms with Gasteiger partial charge in [0.05, 0.1) is 17.0 Å². The summed E-state index contributed by atoms with van der Waals surface area (Å²) in [6.07, 6.45) is 11.3. The Hall–Kier alpha value is -3.14. The second-order valence-corrected chi connectivity index (χ2v) is 15.0. The van der Waals surface area contributed by atoms with Crippen molar-refractivity contribution in [1.29, 1.82) is 5.26 Å². The number of carboxylic acids is 1. The summed E-state index contributed by atoms with van der Waals surface area (Å²) in [5.74, 6) is 2.28. The summed E-state index contributed by atoms with van der Waals surface area (Å²) in [6, 6.07) is 6.37.